The summed E-state index contributed by atoms with van der Waals surface area (Å²) in [5.74, 6) is 1.28. The molecular formula is C14H27N3O. The summed E-state index contributed by atoms with van der Waals surface area (Å²) in [5.41, 5.74) is 5.60. The van der Waals surface area contributed by atoms with Gasteiger partial charge >= 0.3 is 0 Å². The molecule has 18 heavy (non-hydrogen) atoms. The molecule has 0 spiro atoms. The van der Waals surface area contributed by atoms with E-state index >= 15 is 0 Å². The molecule has 0 aromatic carbocycles. The Balaban J connectivity index is 1.88. The Morgan fingerprint density at radius 1 is 1.28 bits per heavy atom. The normalized spacial score (nSPS) is 29.8. The van der Waals surface area contributed by atoms with E-state index in [1.807, 2.05) is 0 Å². The molecule has 0 aromatic heterocycles. The Kier molecular flexibility index (Phi) is 4.87. The monoisotopic (exact) mass is 253 g/mol. The van der Waals surface area contributed by atoms with Crippen LogP contribution in [0.3, 0.4) is 0 Å². The van der Waals surface area contributed by atoms with Gasteiger partial charge in [0.2, 0.25) is 0 Å². The highest BCUT2D eigenvalue weighted by Gasteiger charge is 2.35. The number of hydrogen-bond acceptors (Lipinski definition) is 3. The van der Waals surface area contributed by atoms with E-state index in [1.165, 1.54) is 44.9 Å². The minimum atomic E-state index is 0.364. The molecule has 4 nitrogen and oxygen atoms in total. The molecule has 0 aliphatic heterocycles. The first-order valence-corrected chi connectivity index (χ1v) is 7.46. The second-order valence-corrected chi connectivity index (χ2v) is 5.91. The molecule has 2 aliphatic carbocycles. The zero-order chi connectivity index (χ0) is 13.0. The van der Waals surface area contributed by atoms with Crippen LogP contribution in [0, 0.1) is 5.92 Å². The van der Waals surface area contributed by atoms with Crippen LogP contribution in [0.25, 0.3) is 0 Å². The molecule has 4 heteroatoms. The first kappa shape index (κ1) is 13.7. The summed E-state index contributed by atoms with van der Waals surface area (Å²) >= 11 is 0. The predicted molar refractivity (Wildman–Crippen MR) is 73.8 cm³/mol. The van der Waals surface area contributed by atoms with Gasteiger partial charge in [-0.2, -0.15) is 0 Å². The van der Waals surface area contributed by atoms with Crippen LogP contribution in [0.15, 0.2) is 5.16 Å². The van der Waals surface area contributed by atoms with Crippen molar-refractivity contribution in [2.24, 2.45) is 16.8 Å². The molecule has 2 atom stereocenters. The van der Waals surface area contributed by atoms with Crippen LogP contribution >= 0.6 is 0 Å². The third-order valence-electron chi connectivity index (χ3n) is 4.57. The summed E-state index contributed by atoms with van der Waals surface area (Å²) in [6, 6.07) is 1.51. The highest BCUT2D eigenvalue weighted by atomic mass is 16.4. The average molecular weight is 253 g/mol. The largest absolute Gasteiger partial charge is 0.409 e. The molecule has 0 aromatic rings. The molecule has 0 saturated heterocycles. The Labute approximate surface area is 110 Å². The second kappa shape index (κ2) is 6.41. The molecule has 2 saturated carbocycles. The van der Waals surface area contributed by atoms with E-state index < -0.39 is 0 Å². The number of hydrogen-bond donors (Lipinski definition) is 2. The Morgan fingerprint density at radius 2 is 2.06 bits per heavy atom. The van der Waals surface area contributed by atoms with Gasteiger partial charge in [0.25, 0.3) is 0 Å². The van der Waals surface area contributed by atoms with Gasteiger partial charge in [-0.1, -0.05) is 31.3 Å². The molecule has 0 radical (unpaired) electrons. The minimum Gasteiger partial charge on any atom is -0.409 e. The van der Waals surface area contributed by atoms with E-state index in [9.17, 15) is 0 Å². The fraction of sp³-hybridized carbons (Fsp3) is 0.929. The highest BCUT2D eigenvalue weighted by molar-refractivity contribution is 5.79. The molecule has 0 heterocycles. The molecule has 2 fully saturated rings. The zero-order valence-corrected chi connectivity index (χ0v) is 11.5. The third kappa shape index (κ3) is 3.61. The number of nitrogens with zero attached hydrogens (tertiary/aromatic N) is 2. The van der Waals surface area contributed by atoms with Gasteiger partial charge in [0, 0.05) is 25.0 Å². The van der Waals surface area contributed by atoms with Crippen molar-refractivity contribution < 1.29 is 5.21 Å². The maximum atomic E-state index is 8.64. The van der Waals surface area contributed by atoms with Crippen LogP contribution in [-0.4, -0.2) is 34.6 Å². The van der Waals surface area contributed by atoms with Gasteiger partial charge in [-0.3, -0.25) is 4.90 Å². The average Bonchev–Trinajstić information content (AvgIpc) is 3.23. The number of oxime groups is 1. The van der Waals surface area contributed by atoms with Crippen LogP contribution < -0.4 is 5.73 Å². The van der Waals surface area contributed by atoms with Crippen LogP contribution in [0.4, 0.5) is 0 Å². The van der Waals surface area contributed by atoms with Crippen molar-refractivity contribution in [1.82, 2.24) is 4.90 Å². The van der Waals surface area contributed by atoms with Gasteiger partial charge in [0.1, 0.15) is 5.84 Å². The van der Waals surface area contributed by atoms with E-state index in [4.69, 9.17) is 10.9 Å². The highest BCUT2D eigenvalue weighted by Crippen LogP contribution is 2.36. The molecule has 0 amide bonds. The quantitative estimate of drug-likeness (QED) is 0.331. The zero-order valence-electron chi connectivity index (χ0n) is 11.5. The number of nitrogens with two attached hydrogens (primary N) is 1. The number of amidine groups is 1. The maximum absolute atomic E-state index is 8.64. The van der Waals surface area contributed by atoms with Crippen LogP contribution in [0.5, 0.6) is 0 Å². The smallest absolute Gasteiger partial charge is 0.140 e. The summed E-state index contributed by atoms with van der Waals surface area (Å²) < 4.78 is 0. The van der Waals surface area contributed by atoms with E-state index in [-0.39, 0.29) is 0 Å². The van der Waals surface area contributed by atoms with Gasteiger partial charge in [-0.05, 0) is 31.6 Å². The maximum Gasteiger partial charge on any atom is 0.140 e. The van der Waals surface area contributed by atoms with E-state index in [1.54, 1.807) is 0 Å². The van der Waals surface area contributed by atoms with Crippen molar-refractivity contribution in [2.75, 3.05) is 6.54 Å². The van der Waals surface area contributed by atoms with Gasteiger partial charge in [0.05, 0.1) is 0 Å². The lowest BCUT2D eigenvalue weighted by Crippen LogP contribution is -2.42. The molecule has 2 aliphatic rings. The third-order valence-corrected chi connectivity index (χ3v) is 4.57. The fourth-order valence-electron chi connectivity index (χ4n) is 3.30. The van der Waals surface area contributed by atoms with E-state index in [0.29, 0.717) is 12.3 Å². The molecule has 2 unspecified atom stereocenters. The predicted octanol–water partition coefficient (Wildman–Crippen LogP) is 2.56. The topological polar surface area (TPSA) is 61.8 Å². The Hall–Kier alpha value is -0.770. The van der Waals surface area contributed by atoms with Crippen molar-refractivity contribution in [1.29, 1.82) is 0 Å². The summed E-state index contributed by atoms with van der Waals surface area (Å²) in [6.45, 7) is 3.27. The Morgan fingerprint density at radius 3 is 2.67 bits per heavy atom. The van der Waals surface area contributed by atoms with E-state index in [2.05, 4.69) is 17.0 Å². The first-order chi connectivity index (χ1) is 8.74. The lowest BCUT2D eigenvalue weighted by Gasteiger charge is -2.37. The molecule has 104 valence electrons. The van der Waals surface area contributed by atoms with Crippen molar-refractivity contribution in [3.63, 3.8) is 0 Å². The van der Waals surface area contributed by atoms with Crippen molar-refractivity contribution in [3.8, 4) is 0 Å². The van der Waals surface area contributed by atoms with Gasteiger partial charge in [-0.25, -0.2) is 0 Å². The molecular weight excluding hydrogens is 226 g/mol. The van der Waals surface area contributed by atoms with Crippen LogP contribution in [0.1, 0.15) is 58.3 Å². The summed E-state index contributed by atoms with van der Waals surface area (Å²) in [7, 11) is 0. The summed E-state index contributed by atoms with van der Waals surface area (Å²) in [5, 5.41) is 11.7. The minimum absolute atomic E-state index is 0.364. The van der Waals surface area contributed by atoms with Gasteiger partial charge in [0.15, 0.2) is 0 Å². The lowest BCUT2D eigenvalue weighted by molar-refractivity contribution is 0.123. The van der Waals surface area contributed by atoms with Gasteiger partial charge in [-0.15, -0.1) is 0 Å². The van der Waals surface area contributed by atoms with Crippen LogP contribution in [-0.2, 0) is 0 Å². The molecule has 3 N–H and O–H groups in total. The van der Waals surface area contributed by atoms with Crippen molar-refractivity contribution in [3.05, 3.63) is 0 Å². The molecule has 2 rings (SSSR count). The Bertz CT molecular complexity index is 289. The standard InChI is InChI=1S/C14H27N3O/c1-2-11-4-3-5-13(10-11)17(12-6-7-12)9-8-14(15)16-18/h11-13,18H,2-10H2,1H3,(H2,15,16). The second-order valence-electron chi connectivity index (χ2n) is 5.91. The summed E-state index contributed by atoms with van der Waals surface area (Å²) in [4.78, 5) is 2.64. The first-order valence-electron chi connectivity index (χ1n) is 7.46. The van der Waals surface area contributed by atoms with Crippen molar-refractivity contribution >= 4 is 5.84 Å². The molecule has 0 bridgehead atoms. The SMILES string of the molecule is CCC1CCCC(N(CCC(N)=NO)C2CC2)C1. The lowest BCUT2D eigenvalue weighted by atomic mass is 9.83. The fourth-order valence-corrected chi connectivity index (χ4v) is 3.30. The van der Waals surface area contributed by atoms with Crippen LogP contribution in [0.2, 0.25) is 0 Å². The van der Waals surface area contributed by atoms with E-state index in [0.717, 1.165) is 24.5 Å². The van der Waals surface area contributed by atoms with Crippen molar-refractivity contribution in [2.45, 2.75) is 70.4 Å². The number of rotatable bonds is 6. The summed E-state index contributed by atoms with van der Waals surface area (Å²) in [6.07, 6.45) is 10.1. The van der Waals surface area contributed by atoms with Gasteiger partial charge < -0.3 is 10.9 Å².